The van der Waals surface area contributed by atoms with Crippen molar-refractivity contribution in [2.45, 2.75) is 82.8 Å². The number of carbonyl (C=O) groups excluding carboxylic acids is 1. The fourth-order valence-corrected chi connectivity index (χ4v) is 4.24. The number of ether oxygens (including phenoxy) is 1. The van der Waals surface area contributed by atoms with Gasteiger partial charge in [-0.3, -0.25) is 4.90 Å². The molecule has 1 heterocycles. The van der Waals surface area contributed by atoms with E-state index in [2.05, 4.69) is 0 Å². The maximum atomic E-state index is 13.9. The van der Waals surface area contributed by atoms with E-state index in [9.17, 15) is 27.5 Å². The Morgan fingerprint density at radius 1 is 1.22 bits per heavy atom. The number of alkyl halides is 3. The summed E-state index contributed by atoms with van der Waals surface area (Å²) in [5.74, 6) is -1.30. The van der Waals surface area contributed by atoms with Crippen molar-refractivity contribution in [2.75, 3.05) is 19.6 Å². The number of hydrogen-bond donors (Lipinski definition) is 1. The highest BCUT2D eigenvalue weighted by Crippen LogP contribution is 2.52. The molecule has 0 aromatic heterocycles. The summed E-state index contributed by atoms with van der Waals surface area (Å²) in [7, 11) is 0. The van der Waals surface area contributed by atoms with E-state index in [1.807, 2.05) is 4.90 Å². The minimum atomic E-state index is -4.79. The average Bonchev–Trinajstić information content (AvgIpc) is 3.35. The highest BCUT2D eigenvalue weighted by atomic mass is 19.4. The van der Waals surface area contributed by atoms with Gasteiger partial charge in [0.1, 0.15) is 11.4 Å². The number of nitrogens with zero attached hydrogens (tertiary/aromatic N) is 2. The van der Waals surface area contributed by atoms with Gasteiger partial charge in [0.25, 0.3) is 0 Å². The van der Waals surface area contributed by atoms with Gasteiger partial charge in [0, 0.05) is 31.2 Å². The van der Waals surface area contributed by atoms with Crippen LogP contribution in [0.3, 0.4) is 0 Å². The summed E-state index contributed by atoms with van der Waals surface area (Å²) in [4.78, 5) is 16.1. The first-order chi connectivity index (χ1) is 14.5. The molecule has 3 rings (SSSR count). The van der Waals surface area contributed by atoms with Crippen LogP contribution in [0.5, 0.6) is 0 Å². The van der Waals surface area contributed by atoms with E-state index >= 15 is 0 Å². The lowest BCUT2D eigenvalue weighted by molar-refractivity contribution is -0.140. The van der Waals surface area contributed by atoms with Crippen LogP contribution >= 0.6 is 0 Å². The molecule has 5 nitrogen and oxygen atoms in total. The van der Waals surface area contributed by atoms with E-state index < -0.39 is 40.4 Å². The van der Waals surface area contributed by atoms with Crippen LogP contribution in [-0.4, -0.2) is 57.9 Å². The first-order valence-electron chi connectivity index (χ1n) is 10.9. The third kappa shape index (κ3) is 5.54. The van der Waals surface area contributed by atoms with Crippen LogP contribution in [0.1, 0.15) is 65.0 Å². The molecule has 180 valence electrons. The van der Waals surface area contributed by atoms with Crippen LogP contribution in [0.2, 0.25) is 0 Å². The lowest BCUT2D eigenvalue weighted by Crippen LogP contribution is -2.59. The van der Waals surface area contributed by atoms with Gasteiger partial charge in [0.05, 0.1) is 11.2 Å². The Morgan fingerprint density at radius 3 is 2.28 bits per heavy atom. The number of hydrogen-bond acceptors (Lipinski definition) is 4. The fourth-order valence-electron chi connectivity index (χ4n) is 4.24. The van der Waals surface area contributed by atoms with Gasteiger partial charge in [-0.2, -0.15) is 13.2 Å². The summed E-state index contributed by atoms with van der Waals surface area (Å²) in [5, 5.41) is 10.5. The molecule has 2 aliphatic rings. The first-order valence-corrected chi connectivity index (χ1v) is 10.9. The Labute approximate surface area is 186 Å². The van der Waals surface area contributed by atoms with Crippen LogP contribution in [0.15, 0.2) is 18.2 Å². The van der Waals surface area contributed by atoms with Crippen molar-refractivity contribution in [3.05, 3.63) is 35.1 Å². The van der Waals surface area contributed by atoms with Gasteiger partial charge in [0.2, 0.25) is 0 Å². The van der Waals surface area contributed by atoms with Gasteiger partial charge in [-0.15, -0.1) is 0 Å². The molecule has 1 amide bonds. The van der Waals surface area contributed by atoms with Gasteiger partial charge in [-0.1, -0.05) is 6.07 Å². The zero-order valence-electron chi connectivity index (χ0n) is 19.2. The summed E-state index contributed by atoms with van der Waals surface area (Å²) in [6, 6.07) is 2.96. The Balaban J connectivity index is 1.86. The van der Waals surface area contributed by atoms with E-state index in [0.717, 1.165) is 18.6 Å². The molecule has 1 saturated heterocycles. The minimum absolute atomic E-state index is 0.174. The number of rotatable bonds is 6. The number of amides is 1. The van der Waals surface area contributed by atoms with Crippen molar-refractivity contribution in [1.82, 2.24) is 9.80 Å². The fraction of sp³-hybridized carbons (Fsp3) is 0.696. The standard InChI is InChI=1S/C23H32F4N2O3/c1-20(2,3)32-19(30)29-11-8-16(29)13-28(14-21(4,5)31)22(9-10-22)15-6-7-18(24)17(12-15)23(25,26)27/h6-7,12,16,31H,8-11,13-14H2,1-5H3. The normalized spacial score (nSPS) is 20.8. The van der Waals surface area contributed by atoms with Crippen LogP contribution in [0, 0.1) is 5.82 Å². The molecule has 1 aromatic carbocycles. The number of benzene rings is 1. The second-order valence-electron chi connectivity index (χ2n) is 10.5. The first kappa shape index (κ1) is 24.8. The lowest BCUT2D eigenvalue weighted by Gasteiger charge is -2.46. The largest absolute Gasteiger partial charge is 0.444 e. The van der Waals surface area contributed by atoms with Crippen LogP contribution in [0.4, 0.5) is 22.4 Å². The summed E-state index contributed by atoms with van der Waals surface area (Å²) >= 11 is 0. The molecule has 1 unspecified atom stereocenters. The van der Waals surface area contributed by atoms with E-state index in [4.69, 9.17) is 4.74 Å². The summed E-state index contributed by atoms with van der Waals surface area (Å²) < 4.78 is 59.2. The molecule has 1 aliphatic heterocycles. The van der Waals surface area contributed by atoms with Gasteiger partial charge in [-0.05, 0) is 71.6 Å². The maximum Gasteiger partial charge on any atom is 0.419 e. The van der Waals surface area contributed by atoms with Crippen molar-refractivity contribution in [2.24, 2.45) is 0 Å². The van der Waals surface area contributed by atoms with Crippen LogP contribution in [0.25, 0.3) is 0 Å². The second-order valence-corrected chi connectivity index (χ2v) is 10.5. The van der Waals surface area contributed by atoms with E-state index in [-0.39, 0.29) is 12.6 Å². The van der Waals surface area contributed by atoms with Crippen molar-refractivity contribution in [3.8, 4) is 0 Å². The van der Waals surface area contributed by atoms with Crippen molar-refractivity contribution in [1.29, 1.82) is 0 Å². The molecule has 2 fully saturated rings. The maximum absolute atomic E-state index is 13.9. The zero-order chi connectivity index (χ0) is 24.1. The smallest absolute Gasteiger partial charge is 0.419 e. The molecule has 1 N–H and O–H groups in total. The molecule has 1 aliphatic carbocycles. The molecule has 32 heavy (non-hydrogen) atoms. The number of halogens is 4. The topological polar surface area (TPSA) is 53.0 Å². The Morgan fingerprint density at radius 2 is 1.84 bits per heavy atom. The SMILES string of the molecule is CC(C)(O)CN(CC1CCN1C(=O)OC(C)(C)C)C1(c2ccc(F)c(C(F)(F)F)c2)CC1. The van der Waals surface area contributed by atoms with Crippen LogP contribution in [-0.2, 0) is 16.5 Å². The number of likely N-dealkylation sites (tertiary alicyclic amines) is 1. The average molecular weight is 461 g/mol. The Hall–Kier alpha value is -1.87. The molecule has 1 aromatic rings. The van der Waals surface area contributed by atoms with Gasteiger partial charge in [0.15, 0.2) is 0 Å². The number of carbonyl (C=O) groups is 1. The summed E-state index contributed by atoms with van der Waals surface area (Å²) in [5.41, 5.74) is -3.39. The van der Waals surface area contributed by atoms with E-state index in [1.165, 1.54) is 6.07 Å². The molecule has 1 saturated carbocycles. The third-order valence-corrected chi connectivity index (χ3v) is 5.92. The molecular weight excluding hydrogens is 428 g/mol. The Bertz CT molecular complexity index is 854. The number of aliphatic hydroxyl groups is 1. The minimum Gasteiger partial charge on any atom is -0.444 e. The molecular formula is C23H32F4N2O3. The highest BCUT2D eigenvalue weighted by molar-refractivity contribution is 5.69. The molecule has 0 bridgehead atoms. The summed E-state index contributed by atoms with van der Waals surface area (Å²) in [6.07, 6.45) is -3.31. The van der Waals surface area contributed by atoms with Crippen molar-refractivity contribution >= 4 is 6.09 Å². The molecule has 1 atom stereocenters. The summed E-state index contributed by atoms with van der Waals surface area (Å²) in [6.45, 7) is 9.73. The highest BCUT2D eigenvalue weighted by Gasteiger charge is 2.53. The van der Waals surface area contributed by atoms with Crippen molar-refractivity contribution in [3.63, 3.8) is 0 Å². The monoisotopic (exact) mass is 460 g/mol. The second kappa shape index (κ2) is 8.17. The van der Waals surface area contributed by atoms with Gasteiger partial charge in [-0.25, -0.2) is 9.18 Å². The van der Waals surface area contributed by atoms with Crippen LogP contribution < -0.4 is 0 Å². The molecule has 9 heteroatoms. The zero-order valence-corrected chi connectivity index (χ0v) is 19.2. The van der Waals surface area contributed by atoms with Gasteiger partial charge >= 0.3 is 12.3 Å². The lowest BCUT2D eigenvalue weighted by atomic mass is 9.95. The Kier molecular flexibility index (Phi) is 6.32. The predicted molar refractivity (Wildman–Crippen MR) is 112 cm³/mol. The van der Waals surface area contributed by atoms with Crippen molar-refractivity contribution < 1.29 is 32.2 Å². The molecule has 0 radical (unpaired) electrons. The van der Waals surface area contributed by atoms with Gasteiger partial charge < -0.3 is 14.7 Å². The van der Waals surface area contributed by atoms with E-state index in [0.29, 0.717) is 31.5 Å². The predicted octanol–water partition coefficient (Wildman–Crippen LogP) is 4.92. The third-order valence-electron chi connectivity index (χ3n) is 5.92. The molecule has 0 spiro atoms. The quantitative estimate of drug-likeness (QED) is 0.613. The van der Waals surface area contributed by atoms with E-state index in [1.54, 1.807) is 39.5 Å².